The van der Waals surface area contributed by atoms with Gasteiger partial charge in [0.1, 0.15) is 48.8 Å². The number of allylic oxidation sites excluding steroid dienone is 9. The Morgan fingerprint density at radius 1 is 0.434 bits per heavy atom. The summed E-state index contributed by atoms with van der Waals surface area (Å²) in [5, 5.41) is 87.3. The maximum Gasteiger partial charge on any atom is 0.220 e. The second-order valence-corrected chi connectivity index (χ2v) is 23.9. The number of ether oxygens (including phenoxy) is 4. The van der Waals surface area contributed by atoms with Crippen molar-refractivity contribution in [3.05, 3.63) is 60.8 Å². The maximum absolute atomic E-state index is 13.3. The van der Waals surface area contributed by atoms with Crippen LogP contribution >= 0.6 is 0 Å². The molecule has 0 saturated carbocycles. The van der Waals surface area contributed by atoms with E-state index in [9.17, 15) is 45.6 Å². The molecule has 0 radical (unpaired) electrons. The van der Waals surface area contributed by atoms with Crippen molar-refractivity contribution < 1.29 is 64.6 Å². The molecule has 2 aliphatic rings. The third-order valence-corrected chi connectivity index (χ3v) is 16.4. The first kappa shape index (κ1) is 76.8. The second kappa shape index (κ2) is 53.9. The largest absolute Gasteiger partial charge is 0.394 e. The fourth-order valence-electron chi connectivity index (χ4n) is 10.9. The van der Waals surface area contributed by atoms with E-state index >= 15 is 0 Å². The number of unbranched alkanes of at least 4 members (excludes halogenated alkanes) is 34. The molecule has 83 heavy (non-hydrogen) atoms. The number of hydrogen-bond donors (Lipinski definition) is 9. The maximum atomic E-state index is 13.3. The lowest BCUT2D eigenvalue weighted by Crippen LogP contribution is -2.65. The summed E-state index contributed by atoms with van der Waals surface area (Å²) < 4.78 is 22.8. The summed E-state index contributed by atoms with van der Waals surface area (Å²) in [7, 11) is 0. The Labute approximate surface area is 505 Å². The molecule has 2 heterocycles. The molecule has 2 aliphatic heterocycles. The molecule has 0 aromatic carbocycles. The zero-order valence-corrected chi connectivity index (χ0v) is 52.4. The molecule has 0 spiro atoms. The molecule has 12 unspecified atom stereocenters. The number of amides is 1. The fourth-order valence-corrected chi connectivity index (χ4v) is 10.9. The average molecular weight is 1180 g/mol. The molecule has 2 fully saturated rings. The summed E-state index contributed by atoms with van der Waals surface area (Å²) in [4.78, 5) is 13.3. The van der Waals surface area contributed by atoms with Gasteiger partial charge in [0.15, 0.2) is 12.6 Å². The Morgan fingerprint density at radius 3 is 1.25 bits per heavy atom. The molecule has 484 valence electrons. The third-order valence-electron chi connectivity index (χ3n) is 16.4. The van der Waals surface area contributed by atoms with E-state index in [0.717, 1.165) is 51.4 Å². The molecule has 14 heteroatoms. The molecule has 1 amide bonds. The molecule has 0 aromatic heterocycles. The Kier molecular flexibility index (Phi) is 49.9. The average Bonchev–Trinajstić information content (AvgIpc) is 3.64. The first-order chi connectivity index (χ1) is 40.6. The quantitative estimate of drug-likeness (QED) is 0.0204. The highest BCUT2D eigenvalue weighted by Gasteiger charge is 2.51. The summed E-state index contributed by atoms with van der Waals surface area (Å²) in [6, 6.07) is -0.942. The van der Waals surface area contributed by atoms with Gasteiger partial charge in [-0.2, -0.15) is 0 Å². The predicted molar refractivity (Wildman–Crippen MR) is 337 cm³/mol. The lowest BCUT2D eigenvalue weighted by atomic mass is 9.97. The van der Waals surface area contributed by atoms with Crippen molar-refractivity contribution in [1.29, 1.82) is 0 Å². The van der Waals surface area contributed by atoms with Crippen LogP contribution in [0.25, 0.3) is 0 Å². The van der Waals surface area contributed by atoms with Gasteiger partial charge in [0.05, 0.1) is 32.0 Å². The predicted octanol–water partition coefficient (Wildman–Crippen LogP) is 13.3. The topological polar surface area (TPSA) is 228 Å². The van der Waals surface area contributed by atoms with Gasteiger partial charge in [0.25, 0.3) is 0 Å². The Hall–Kier alpha value is -2.31. The van der Waals surface area contributed by atoms with Crippen LogP contribution in [0.1, 0.15) is 277 Å². The minimum Gasteiger partial charge on any atom is -0.394 e. The Bertz CT molecular complexity index is 1620. The lowest BCUT2D eigenvalue weighted by molar-refractivity contribution is -0.359. The van der Waals surface area contributed by atoms with E-state index < -0.39 is 86.8 Å². The number of carbonyl (C=O) groups is 1. The van der Waals surface area contributed by atoms with Gasteiger partial charge in [-0.25, -0.2) is 0 Å². The molecule has 0 aromatic rings. The van der Waals surface area contributed by atoms with Crippen LogP contribution in [0.4, 0.5) is 0 Å². The Morgan fingerprint density at radius 2 is 0.807 bits per heavy atom. The van der Waals surface area contributed by atoms with E-state index in [2.05, 4.69) is 67.8 Å². The van der Waals surface area contributed by atoms with Crippen molar-refractivity contribution >= 4 is 5.91 Å². The van der Waals surface area contributed by atoms with Crippen LogP contribution in [0.15, 0.2) is 60.8 Å². The number of carbonyl (C=O) groups excluding carboxylic acids is 1. The number of aliphatic hydroxyl groups excluding tert-OH is 8. The van der Waals surface area contributed by atoms with Gasteiger partial charge < -0.3 is 65.1 Å². The third kappa shape index (κ3) is 38.6. The van der Waals surface area contributed by atoms with E-state index in [0.29, 0.717) is 12.8 Å². The van der Waals surface area contributed by atoms with Gasteiger partial charge in [-0.3, -0.25) is 4.79 Å². The summed E-state index contributed by atoms with van der Waals surface area (Å²) in [5.74, 6) is -0.254. The molecule has 14 nitrogen and oxygen atoms in total. The summed E-state index contributed by atoms with van der Waals surface area (Å²) in [5.41, 5.74) is 0. The molecule has 0 bridgehead atoms. The van der Waals surface area contributed by atoms with Crippen LogP contribution in [-0.2, 0) is 23.7 Å². The zero-order valence-electron chi connectivity index (χ0n) is 52.4. The van der Waals surface area contributed by atoms with Crippen LogP contribution in [0.5, 0.6) is 0 Å². The second-order valence-electron chi connectivity index (χ2n) is 23.9. The van der Waals surface area contributed by atoms with Crippen molar-refractivity contribution in [3.63, 3.8) is 0 Å². The van der Waals surface area contributed by atoms with Crippen LogP contribution in [0.3, 0.4) is 0 Å². The minimum atomic E-state index is -1.79. The molecule has 9 N–H and O–H groups in total. The van der Waals surface area contributed by atoms with Gasteiger partial charge in [-0.15, -0.1) is 0 Å². The van der Waals surface area contributed by atoms with Gasteiger partial charge >= 0.3 is 0 Å². The zero-order chi connectivity index (χ0) is 60.2. The highest BCUT2D eigenvalue weighted by molar-refractivity contribution is 5.76. The van der Waals surface area contributed by atoms with E-state index in [1.54, 1.807) is 6.08 Å². The van der Waals surface area contributed by atoms with Crippen LogP contribution < -0.4 is 5.32 Å². The van der Waals surface area contributed by atoms with Crippen molar-refractivity contribution in [1.82, 2.24) is 5.32 Å². The highest BCUT2D eigenvalue weighted by Crippen LogP contribution is 2.30. The summed E-state index contributed by atoms with van der Waals surface area (Å²) in [6.07, 6.45) is 54.1. The van der Waals surface area contributed by atoms with Gasteiger partial charge in [0, 0.05) is 6.42 Å². The van der Waals surface area contributed by atoms with Gasteiger partial charge in [-0.1, -0.05) is 254 Å². The SMILES string of the molecule is CCCCCCC/C=C\C/C=C\CCCCCCCCCCCCCC(=O)NC(COC1OC(CO)C(OC2OC(CO)C(O)C(O)C2O)C(O)C1O)C(O)/C=C/CC/C=C/CC/C=C/CCCCCCCCCCCCCCCCCC. The smallest absolute Gasteiger partial charge is 0.220 e. The first-order valence-electron chi connectivity index (χ1n) is 34.0. The molecule has 0 aliphatic carbocycles. The normalized spacial score (nSPS) is 24.2. The fraction of sp³-hybridized carbons (Fsp3) is 0.841. The number of nitrogens with one attached hydrogen (secondary N) is 1. The Balaban J connectivity index is 1.73. The highest BCUT2D eigenvalue weighted by atomic mass is 16.7. The molecule has 2 saturated heterocycles. The summed E-state index contributed by atoms with van der Waals surface area (Å²) >= 11 is 0. The van der Waals surface area contributed by atoms with E-state index in [1.165, 1.54) is 193 Å². The van der Waals surface area contributed by atoms with Gasteiger partial charge in [-0.05, 0) is 77.0 Å². The molecule has 12 atom stereocenters. The van der Waals surface area contributed by atoms with Crippen LogP contribution in [0, 0.1) is 0 Å². The lowest BCUT2D eigenvalue weighted by Gasteiger charge is -2.46. The molecular formula is C69H125NO13. The van der Waals surface area contributed by atoms with E-state index in [-0.39, 0.29) is 18.9 Å². The van der Waals surface area contributed by atoms with Crippen molar-refractivity contribution in [2.45, 2.75) is 351 Å². The van der Waals surface area contributed by atoms with E-state index in [4.69, 9.17) is 18.9 Å². The van der Waals surface area contributed by atoms with Crippen molar-refractivity contribution in [2.75, 3.05) is 19.8 Å². The van der Waals surface area contributed by atoms with Crippen molar-refractivity contribution in [2.24, 2.45) is 0 Å². The standard InChI is InChI=1S/C69H125NO13/c1-3-5-7-9-11-13-15-17-19-21-23-25-27-28-29-31-32-34-36-38-40-42-44-46-48-50-52-58(73)57(56-80-68-66(79)64(77)67(60(55-72)82-68)83-69-65(78)63(76)62(75)59(54-71)81-69)70-61(74)53-51-49-47-45-43-41-39-37-35-33-30-26-24-22-20-18-16-14-12-10-8-6-4-2/h16,18,22,24,34,36,42,44,50,52,57-60,62-69,71-73,75-79H,3-15,17,19-21,23,25-33,35,37-41,43,45-49,51,53-56H2,1-2H3,(H,70,74)/b18-16-,24-22-,36-34+,44-42+,52-50+. The number of aliphatic hydroxyl groups is 8. The number of hydrogen-bond acceptors (Lipinski definition) is 13. The van der Waals surface area contributed by atoms with Crippen LogP contribution in [-0.4, -0.2) is 140 Å². The summed E-state index contributed by atoms with van der Waals surface area (Å²) in [6.45, 7) is 2.79. The molecule has 2 rings (SSSR count). The van der Waals surface area contributed by atoms with Crippen molar-refractivity contribution in [3.8, 4) is 0 Å². The molecular weight excluding hydrogens is 1050 g/mol. The van der Waals surface area contributed by atoms with Crippen LogP contribution in [0.2, 0.25) is 0 Å². The minimum absolute atomic E-state index is 0.254. The van der Waals surface area contributed by atoms with Gasteiger partial charge in [0.2, 0.25) is 5.91 Å². The number of rotatable bonds is 55. The monoisotopic (exact) mass is 1180 g/mol. The van der Waals surface area contributed by atoms with E-state index in [1.807, 2.05) is 6.08 Å². The first-order valence-corrected chi connectivity index (χ1v) is 34.0.